The van der Waals surface area contributed by atoms with Gasteiger partial charge in [0.15, 0.2) is 0 Å². The molecule has 3 N–H and O–H groups in total. The van der Waals surface area contributed by atoms with Crippen LogP contribution in [0.5, 0.6) is 0 Å². The molecule has 0 saturated carbocycles. The largest absolute Gasteiger partial charge is 0.395 e. The molecule has 106 valence electrons. The van der Waals surface area contributed by atoms with Gasteiger partial charge in [-0.1, -0.05) is 6.07 Å². The summed E-state index contributed by atoms with van der Waals surface area (Å²) < 4.78 is 1.68. The van der Waals surface area contributed by atoms with Gasteiger partial charge in [0.2, 0.25) is 0 Å². The minimum Gasteiger partial charge on any atom is -0.395 e. The number of carbonyl (C=O) groups excluding carboxylic acids is 1. The molecule has 2 aromatic rings. The molecule has 0 fully saturated rings. The number of aryl methyl sites for hydroxylation is 1. The number of hydrogen-bond donors (Lipinski definition) is 3. The maximum absolute atomic E-state index is 11.6. The van der Waals surface area contributed by atoms with Crippen molar-refractivity contribution in [1.29, 1.82) is 0 Å². The van der Waals surface area contributed by atoms with Crippen LogP contribution in [0, 0.1) is 6.92 Å². The van der Waals surface area contributed by atoms with Crippen LogP contribution in [-0.4, -0.2) is 39.1 Å². The average Bonchev–Trinajstić information content (AvgIpc) is 2.77. The van der Waals surface area contributed by atoms with Gasteiger partial charge >= 0.3 is 6.03 Å². The van der Waals surface area contributed by atoms with Gasteiger partial charge in [-0.05, 0) is 19.1 Å². The van der Waals surface area contributed by atoms with E-state index in [9.17, 15) is 4.79 Å². The zero-order valence-corrected chi connectivity index (χ0v) is 11.2. The quantitative estimate of drug-likeness (QED) is 0.750. The van der Waals surface area contributed by atoms with Crippen molar-refractivity contribution in [2.24, 2.45) is 0 Å². The molecule has 0 atom stereocenters. The standard InChI is InChI=1S/C13H17N5O2/c1-10-8-12(16-13(20)15-6-7-19)18(17-10)9-11-4-2-3-5-14-11/h2-5,8,19H,6-7,9H2,1H3,(H2,15,16,20). The van der Waals surface area contributed by atoms with Crippen LogP contribution in [0.15, 0.2) is 30.5 Å². The summed E-state index contributed by atoms with van der Waals surface area (Å²) in [5.41, 5.74) is 1.66. The van der Waals surface area contributed by atoms with Crippen molar-refractivity contribution in [2.75, 3.05) is 18.5 Å². The van der Waals surface area contributed by atoms with E-state index in [0.717, 1.165) is 11.4 Å². The van der Waals surface area contributed by atoms with E-state index < -0.39 is 0 Å². The molecule has 7 nitrogen and oxygen atoms in total. The summed E-state index contributed by atoms with van der Waals surface area (Å²) in [4.78, 5) is 15.8. The van der Waals surface area contributed by atoms with E-state index in [-0.39, 0.29) is 19.2 Å². The van der Waals surface area contributed by atoms with Crippen LogP contribution < -0.4 is 10.6 Å². The number of aromatic nitrogens is 3. The smallest absolute Gasteiger partial charge is 0.320 e. The van der Waals surface area contributed by atoms with Crippen molar-refractivity contribution in [2.45, 2.75) is 13.5 Å². The third-order valence-electron chi connectivity index (χ3n) is 2.58. The molecule has 20 heavy (non-hydrogen) atoms. The fourth-order valence-corrected chi connectivity index (χ4v) is 1.74. The lowest BCUT2D eigenvalue weighted by atomic mass is 10.3. The number of hydrogen-bond acceptors (Lipinski definition) is 4. The van der Waals surface area contributed by atoms with Crippen molar-refractivity contribution in [3.8, 4) is 0 Å². The van der Waals surface area contributed by atoms with Gasteiger partial charge in [0.1, 0.15) is 5.82 Å². The molecular weight excluding hydrogens is 258 g/mol. The molecule has 0 aliphatic heterocycles. The second kappa shape index (κ2) is 6.67. The molecule has 0 unspecified atom stereocenters. The summed E-state index contributed by atoms with van der Waals surface area (Å²) >= 11 is 0. The Morgan fingerprint density at radius 3 is 3.00 bits per heavy atom. The van der Waals surface area contributed by atoms with Gasteiger partial charge in [0.05, 0.1) is 24.5 Å². The number of urea groups is 1. The van der Waals surface area contributed by atoms with Crippen molar-refractivity contribution < 1.29 is 9.90 Å². The van der Waals surface area contributed by atoms with Crippen LogP contribution in [0.3, 0.4) is 0 Å². The first-order valence-corrected chi connectivity index (χ1v) is 6.29. The van der Waals surface area contributed by atoms with Crippen LogP contribution in [0.2, 0.25) is 0 Å². The Kier molecular flexibility index (Phi) is 4.67. The molecule has 2 aromatic heterocycles. The summed E-state index contributed by atoms with van der Waals surface area (Å²) in [5, 5.41) is 18.2. The van der Waals surface area contributed by atoms with E-state index in [4.69, 9.17) is 5.11 Å². The highest BCUT2D eigenvalue weighted by Gasteiger charge is 2.09. The second-order valence-corrected chi connectivity index (χ2v) is 4.25. The van der Waals surface area contributed by atoms with Crippen LogP contribution in [0.1, 0.15) is 11.4 Å². The maximum atomic E-state index is 11.6. The maximum Gasteiger partial charge on any atom is 0.320 e. The number of anilines is 1. The average molecular weight is 275 g/mol. The molecule has 2 amide bonds. The van der Waals surface area contributed by atoms with Gasteiger partial charge in [-0.3, -0.25) is 10.3 Å². The Morgan fingerprint density at radius 2 is 2.30 bits per heavy atom. The van der Waals surface area contributed by atoms with Crippen molar-refractivity contribution in [3.63, 3.8) is 0 Å². The molecule has 7 heteroatoms. The van der Waals surface area contributed by atoms with Gasteiger partial charge in [-0.2, -0.15) is 5.10 Å². The van der Waals surface area contributed by atoms with Gasteiger partial charge in [-0.25, -0.2) is 9.48 Å². The zero-order chi connectivity index (χ0) is 14.4. The van der Waals surface area contributed by atoms with Gasteiger partial charge in [0.25, 0.3) is 0 Å². The van der Waals surface area contributed by atoms with E-state index >= 15 is 0 Å². The van der Waals surface area contributed by atoms with Crippen LogP contribution in [0.4, 0.5) is 10.6 Å². The number of pyridine rings is 1. The first-order valence-electron chi connectivity index (χ1n) is 6.29. The summed E-state index contributed by atoms with van der Waals surface area (Å²) in [6.07, 6.45) is 1.72. The lowest BCUT2D eigenvalue weighted by Gasteiger charge is -2.09. The first kappa shape index (κ1) is 14.0. The topological polar surface area (TPSA) is 92.1 Å². The zero-order valence-electron chi connectivity index (χ0n) is 11.2. The first-order chi connectivity index (χ1) is 9.69. The van der Waals surface area contributed by atoms with E-state index in [1.54, 1.807) is 16.9 Å². The van der Waals surface area contributed by atoms with Gasteiger partial charge in [-0.15, -0.1) is 0 Å². The number of carbonyl (C=O) groups is 1. The van der Waals surface area contributed by atoms with Crippen LogP contribution in [-0.2, 0) is 6.54 Å². The SMILES string of the molecule is Cc1cc(NC(=O)NCCO)n(Cc2ccccn2)n1. The van der Waals surface area contributed by atoms with Crippen molar-refractivity contribution in [1.82, 2.24) is 20.1 Å². The predicted octanol–water partition coefficient (Wildman–Crippen LogP) is 0.749. The highest BCUT2D eigenvalue weighted by Crippen LogP contribution is 2.11. The molecule has 0 bridgehead atoms. The number of aliphatic hydroxyl groups is 1. The van der Waals surface area contributed by atoms with Gasteiger partial charge in [0, 0.05) is 18.8 Å². The number of nitrogens with zero attached hydrogens (tertiary/aromatic N) is 3. The van der Waals surface area contributed by atoms with E-state index in [1.807, 2.05) is 25.1 Å². The van der Waals surface area contributed by atoms with Crippen LogP contribution >= 0.6 is 0 Å². The monoisotopic (exact) mass is 275 g/mol. The fraction of sp³-hybridized carbons (Fsp3) is 0.308. The molecule has 0 saturated heterocycles. The molecule has 0 aliphatic carbocycles. The number of amides is 2. The Morgan fingerprint density at radius 1 is 1.45 bits per heavy atom. The predicted molar refractivity (Wildman–Crippen MR) is 74.4 cm³/mol. The third kappa shape index (κ3) is 3.79. The highest BCUT2D eigenvalue weighted by molar-refractivity contribution is 5.88. The minimum atomic E-state index is -0.374. The van der Waals surface area contributed by atoms with Crippen LogP contribution in [0.25, 0.3) is 0 Å². The molecule has 2 rings (SSSR count). The molecule has 0 aliphatic rings. The third-order valence-corrected chi connectivity index (χ3v) is 2.58. The Balaban J connectivity index is 2.08. The number of nitrogens with one attached hydrogen (secondary N) is 2. The Hall–Kier alpha value is -2.41. The Labute approximate surface area is 116 Å². The summed E-state index contributed by atoms with van der Waals surface area (Å²) in [6, 6.07) is 7.05. The minimum absolute atomic E-state index is 0.0976. The molecule has 0 spiro atoms. The molecule has 0 aromatic carbocycles. The molecule has 2 heterocycles. The summed E-state index contributed by atoms with van der Waals surface area (Å²) in [7, 11) is 0. The molecular formula is C13H17N5O2. The summed E-state index contributed by atoms with van der Waals surface area (Å²) in [5.74, 6) is 0.587. The number of rotatable bonds is 5. The lowest BCUT2D eigenvalue weighted by molar-refractivity contribution is 0.244. The van der Waals surface area contributed by atoms with E-state index in [1.165, 1.54) is 0 Å². The fourth-order valence-electron chi connectivity index (χ4n) is 1.74. The highest BCUT2D eigenvalue weighted by atomic mass is 16.3. The van der Waals surface area contributed by atoms with E-state index in [0.29, 0.717) is 12.4 Å². The second-order valence-electron chi connectivity index (χ2n) is 4.25. The normalized spacial score (nSPS) is 10.3. The Bertz CT molecular complexity index is 567. The van der Waals surface area contributed by atoms with Crippen molar-refractivity contribution in [3.05, 3.63) is 41.9 Å². The number of aliphatic hydroxyl groups excluding tert-OH is 1. The van der Waals surface area contributed by atoms with E-state index in [2.05, 4.69) is 20.7 Å². The van der Waals surface area contributed by atoms with Crippen molar-refractivity contribution >= 4 is 11.8 Å². The van der Waals surface area contributed by atoms with Gasteiger partial charge < -0.3 is 10.4 Å². The lowest BCUT2D eigenvalue weighted by Crippen LogP contribution is -2.31. The molecule has 0 radical (unpaired) electrons. The summed E-state index contributed by atoms with van der Waals surface area (Å²) in [6.45, 7) is 2.44.